The fraction of sp³-hybridized carbons (Fsp3) is 0.417. The molecule has 16 heavy (non-hydrogen) atoms. The van der Waals surface area contributed by atoms with E-state index in [4.69, 9.17) is 4.74 Å². The van der Waals surface area contributed by atoms with Crippen LogP contribution in [0.25, 0.3) is 0 Å². The molecule has 1 amide bonds. The number of hydrogen-bond acceptors (Lipinski definition) is 2. The SMILES string of the molecule is CCOc1ccccc1NC(=O)[C@H](Br)CC. The Morgan fingerprint density at radius 3 is 2.75 bits per heavy atom. The first kappa shape index (κ1) is 13.0. The summed E-state index contributed by atoms with van der Waals surface area (Å²) >= 11 is 3.31. The highest BCUT2D eigenvalue weighted by Gasteiger charge is 2.14. The first-order valence-electron chi connectivity index (χ1n) is 5.35. The smallest absolute Gasteiger partial charge is 0.238 e. The molecule has 88 valence electrons. The molecule has 0 aliphatic heterocycles. The summed E-state index contributed by atoms with van der Waals surface area (Å²) in [5.41, 5.74) is 0.715. The van der Waals surface area contributed by atoms with Crippen molar-refractivity contribution in [3.8, 4) is 5.75 Å². The molecule has 3 nitrogen and oxygen atoms in total. The Morgan fingerprint density at radius 2 is 2.12 bits per heavy atom. The molecule has 0 fully saturated rings. The summed E-state index contributed by atoms with van der Waals surface area (Å²) in [6, 6.07) is 7.42. The van der Waals surface area contributed by atoms with Gasteiger partial charge in [0, 0.05) is 0 Å². The number of ether oxygens (including phenoxy) is 1. The number of halogens is 1. The second kappa shape index (κ2) is 6.53. The molecule has 1 N–H and O–H groups in total. The molecule has 0 heterocycles. The molecule has 0 aliphatic rings. The van der Waals surface area contributed by atoms with E-state index in [1.807, 2.05) is 38.1 Å². The van der Waals surface area contributed by atoms with Gasteiger partial charge in [0.25, 0.3) is 0 Å². The second-order valence-corrected chi connectivity index (χ2v) is 4.40. The molecule has 0 aliphatic carbocycles. The van der Waals surface area contributed by atoms with Crippen LogP contribution in [0.1, 0.15) is 20.3 Å². The summed E-state index contributed by atoms with van der Waals surface area (Å²) < 4.78 is 5.42. The third-order valence-corrected chi connectivity index (χ3v) is 3.15. The number of anilines is 1. The van der Waals surface area contributed by atoms with Crippen molar-refractivity contribution in [1.29, 1.82) is 0 Å². The molecule has 1 aromatic carbocycles. The van der Waals surface area contributed by atoms with Gasteiger partial charge in [0.05, 0.1) is 17.1 Å². The van der Waals surface area contributed by atoms with Gasteiger partial charge in [0.15, 0.2) is 0 Å². The molecule has 0 spiro atoms. The molecule has 0 bridgehead atoms. The number of carbonyl (C=O) groups excluding carboxylic acids is 1. The summed E-state index contributed by atoms with van der Waals surface area (Å²) in [6.45, 7) is 4.45. The molecule has 0 aromatic heterocycles. The van der Waals surface area contributed by atoms with Gasteiger partial charge < -0.3 is 10.1 Å². The third kappa shape index (κ3) is 3.52. The van der Waals surface area contributed by atoms with Gasteiger partial charge in [-0.2, -0.15) is 0 Å². The van der Waals surface area contributed by atoms with E-state index >= 15 is 0 Å². The van der Waals surface area contributed by atoms with Gasteiger partial charge in [-0.1, -0.05) is 35.0 Å². The van der Waals surface area contributed by atoms with Crippen molar-refractivity contribution in [2.24, 2.45) is 0 Å². The third-order valence-electron chi connectivity index (χ3n) is 2.09. The maximum absolute atomic E-state index is 11.7. The molecule has 1 aromatic rings. The summed E-state index contributed by atoms with van der Waals surface area (Å²) in [7, 11) is 0. The van der Waals surface area contributed by atoms with Crippen LogP contribution in [0.2, 0.25) is 0 Å². The van der Waals surface area contributed by atoms with Crippen molar-refractivity contribution in [2.45, 2.75) is 25.1 Å². The monoisotopic (exact) mass is 285 g/mol. The van der Waals surface area contributed by atoms with Gasteiger partial charge in [-0.3, -0.25) is 4.79 Å². The number of alkyl halides is 1. The first-order valence-corrected chi connectivity index (χ1v) is 6.27. The molecule has 0 unspecified atom stereocenters. The van der Waals surface area contributed by atoms with Crippen LogP contribution < -0.4 is 10.1 Å². The predicted molar refractivity (Wildman–Crippen MR) is 69.2 cm³/mol. The zero-order valence-electron chi connectivity index (χ0n) is 9.50. The Kier molecular flexibility index (Phi) is 5.32. The summed E-state index contributed by atoms with van der Waals surface area (Å²) in [6.07, 6.45) is 0.753. The van der Waals surface area contributed by atoms with E-state index in [0.717, 1.165) is 6.42 Å². The van der Waals surface area contributed by atoms with Crippen LogP contribution in [-0.4, -0.2) is 17.3 Å². The fourth-order valence-electron chi connectivity index (χ4n) is 1.25. The average molecular weight is 286 g/mol. The van der Waals surface area contributed by atoms with Gasteiger partial charge in [0.1, 0.15) is 5.75 Å². The van der Waals surface area contributed by atoms with E-state index in [0.29, 0.717) is 18.0 Å². The van der Waals surface area contributed by atoms with E-state index in [9.17, 15) is 4.79 Å². The minimum atomic E-state index is -0.165. The van der Waals surface area contributed by atoms with Gasteiger partial charge in [0.2, 0.25) is 5.91 Å². The van der Waals surface area contributed by atoms with Gasteiger partial charge in [-0.05, 0) is 25.5 Å². The fourth-order valence-corrected chi connectivity index (χ4v) is 1.36. The normalized spacial score (nSPS) is 11.9. The molecule has 0 radical (unpaired) electrons. The quantitative estimate of drug-likeness (QED) is 0.844. The number of nitrogens with one attached hydrogen (secondary N) is 1. The zero-order valence-corrected chi connectivity index (χ0v) is 11.1. The summed E-state index contributed by atoms with van der Waals surface area (Å²) in [4.78, 5) is 11.5. The van der Waals surface area contributed by atoms with Crippen molar-refractivity contribution in [1.82, 2.24) is 0 Å². The molecular formula is C12H16BrNO2. The van der Waals surface area contributed by atoms with Crippen LogP contribution in [0.3, 0.4) is 0 Å². The van der Waals surface area contributed by atoms with Crippen LogP contribution in [0.5, 0.6) is 5.75 Å². The Labute approximate surface area is 104 Å². The maximum atomic E-state index is 11.7. The predicted octanol–water partition coefficient (Wildman–Crippen LogP) is 3.20. The topological polar surface area (TPSA) is 38.3 Å². The molecule has 1 atom stereocenters. The first-order chi connectivity index (χ1) is 7.69. The van der Waals surface area contributed by atoms with Crippen molar-refractivity contribution in [3.05, 3.63) is 24.3 Å². The van der Waals surface area contributed by atoms with Crippen molar-refractivity contribution in [3.63, 3.8) is 0 Å². The second-order valence-electron chi connectivity index (χ2n) is 3.29. The van der Waals surface area contributed by atoms with Crippen LogP contribution in [0.4, 0.5) is 5.69 Å². The van der Waals surface area contributed by atoms with Crippen molar-refractivity contribution in [2.75, 3.05) is 11.9 Å². The van der Waals surface area contributed by atoms with Gasteiger partial charge in [-0.15, -0.1) is 0 Å². The summed E-state index contributed by atoms with van der Waals surface area (Å²) in [5.74, 6) is 0.656. The standard InChI is InChI=1S/C12H16BrNO2/c1-3-9(13)12(15)14-10-7-5-6-8-11(10)16-4-2/h5-9H,3-4H2,1-2H3,(H,14,15)/t9-/m1/s1. The minimum absolute atomic E-state index is 0.0466. The Hall–Kier alpha value is -1.03. The van der Waals surface area contributed by atoms with E-state index in [-0.39, 0.29) is 10.7 Å². The summed E-state index contributed by atoms with van der Waals surface area (Å²) in [5, 5.41) is 2.84. The number of para-hydroxylation sites is 2. The molecule has 4 heteroatoms. The maximum Gasteiger partial charge on any atom is 0.238 e. The largest absolute Gasteiger partial charge is 0.492 e. The highest BCUT2D eigenvalue weighted by molar-refractivity contribution is 9.10. The number of hydrogen-bond donors (Lipinski definition) is 1. The Bertz CT molecular complexity index is 355. The lowest BCUT2D eigenvalue weighted by molar-refractivity contribution is -0.115. The number of rotatable bonds is 5. The zero-order chi connectivity index (χ0) is 12.0. The average Bonchev–Trinajstić information content (AvgIpc) is 2.31. The Morgan fingerprint density at radius 1 is 1.44 bits per heavy atom. The lowest BCUT2D eigenvalue weighted by Gasteiger charge is -2.12. The number of amides is 1. The van der Waals surface area contributed by atoms with Gasteiger partial charge >= 0.3 is 0 Å². The Balaban J connectivity index is 2.76. The number of carbonyl (C=O) groups is 1. The molecular weight excluding hydrogens is 270 g/mol. The van der Waals surface area contributed by atoms with E-state index in [2.05, 4.69) is 21.2 Å². The van der Waals surface area contributed by atoms with Crippen LogP contribution in [0.15, 0.2) is 24.3 Å². The molecule has 1 rings (SSSR count). The molecule has 0 saturated heterocycles. The minimum Gasteiger partial charge on any atom is -0.492 e. The van der Waals surface area contributed by atoms with E-state index in [1.165, 1.54) is 0 Å². The molecule has 0 saturated carbocycles. The van der Waals surface area contributed by atoms with E-state index < -0.39 is 0 Å². The van der Waals surface area contributed by atoms with Crippen LogP contribution in [0, 0.1) is 0 Å². The number of benzene rings is 1. The van der Waals surface area contributed by atoms with Crippen LogP contribution >= 0.6 is 15.9 Å². The highest BCUT2D eigenvalue weighted by atomic mass is 79.9. The lowest BCUT2D eigenvalue weighted by Crippen LogP contribution is -2.22. The van der Waals surface area contributed by atoms with Gasteiger partial charge in [-0.25, -0.2) is 0 Å². The van der Waals surface area contributed by atoms with Crippen molar-refractivity contribution >= 4 is 27.5 Å². The van der Waals surface area contributed by atoms with Crippen LogP contribution in [-0.2, 0) is 4.79 Å². The van der Waals surface area contributed by atoms with E-state index in [1.54, 1.807) is 0 Å². The van der Waals surface area contributed by atoms with Crippen molar-refractivity contribution < 1.29 is 9.53 Å². The lowest BCUT2D eigenvalue weighted by atomic mass is 10.2. The highest BCUT2D eigenvalue weighted by Crippen LogP contribution is 2.24.